The van der Waals surface area contributed by atoms with E-state index >= 15 is 0 Å². The van der Waals surface area contributed by atoms with E-state index in [0.717, 1.165) is 12.1 Å². The van der Waals surface area contributed by atoms with Crippen molar-refractivity contribution in [3.63, 3.8) is 0 Å². The highest BCUT2D eigenvalue weighted by molar-refractivity contribution is 7.92. The van der Waals surface area contributed by atoms with E-state index in [4.69, 9.17) is 14.3 Å². The molecule has 0 unspecified atom stereocenters. The number of hydrogen-bond acceptors (Lipinski definition) is 8. The van der Waals surface area contributed by atoms with E-state index in [0.29, 0.717) is 24.2 Å². The van der Waals surface area contributed by atoms with Crippen LogP contribution in [0.4, 0.5) is 5.69 Å². The zero-order valence-corrected chi connectivity index (χ0v) is 17.0. The molecule has 2 N–H and O–H groups in total. The minimum atomic E-state index is -4.10. The predicted octanol–water partition coefficient (Wildman–Crippen LogP) is 0.679. The number of benzene rings is 1. The molecule has 0 radical (unpaired) electrons. The lowest BCUT2D eigenvalue weighted by Crippen LogP contribution is -2.30. The lowest BCUT2D eigenvalue weighted by molar-refractivity contribution is 0.0438. The van der Waals surface area contributed by atoms with E-state index in [1.54, 1.807) is 19.1 Å². The molecule has 0 fully saturated rings. The molecular weight excluding hydrogens is 424 g/mol. The lowest BCUT2D eigenvalue weighted by atomic mass is 10.1. The van der Waals surface area contributed by atoms with Gasteiger partial charge in [-0.25, -0.2) is 26.8 Å². The molecule has 0 saturated heterocycles. The first-order valence-electron chi connectivity index (χ1n) is 8.49. The maximum absolute atomic E-state index is 12.3. The SMILES string of the molecule is CCS(=O)(=O)N1CCc2cc(C(=O)COC(=O)c3ccc(S(N)(=O)=O)o3)ccc21. The van der Waals surface area contributed by atoms with E-state index in [9.17, 15) is 26.4 Å². The summed E-state index contributed by atoms with van der Waals surface area (Å²) >= 11 is 0. The Labute approximate surface area is 167 Å². The van der Waals surface area contributed by atoms with Crippen LogP contribution >= 0.6 is 0 Å². The van der Waals surface area contributed by atoms with Crippen LogP contribution in [0.2, 0.25) is 0 Å². The maximum Gasteiger partial charge on any atom is 0.374 e. The number of sulfonamides is 2. The number of rotatable bonds is 7. The van der Waals surface area contributed by atoms with Crippen molar-refractivity contribution in [1.82, 2.24) is 0 Å². The van der Waals surface area contributed by atoms with Gasteiger partial charge in [-0.15, -0.1) is 0 Å². The monoisotopic (exact) mass is 442 g/mol. The molecule has 1 aliphatic heterocycles. The number of hydrogen-bond donors (Lipinski definition) is 1. The van der Waals surface area contributed by atoms with Crippen molar-refractivity contribution in [1.29, 1.82) is 0 Å². The number of Topliss-reactive ketones (excluding diaryl/α,β-unsaturated/α-hetero) is 1. The number of anilines is 1. The number of esters is 1. The van der Waals surface area contributed by atoms with E-state index < -0.39 is 49.3 Å². The second-order valence-electron chi connectivity index (χ2n) is 6.23. The number of carbonyl (C=O) groups is 2. The second kappa shape index (κ2) is 7.61. The molecular formula is C17H18N2O8S2. The standard InChI is InChI=1S/C17H18N2O8S2/c1-2-28(22,23)19-8-7-11-9-12(3-4-13(11)19)14(20)10-26-17(21)15-5-6-16(27-15)29(18,24)25/h3-6,9H,2,7-8,10H2,1H3,(H2,18,24,25). The molecule has 1 aromatic heterocycles. The van der Waals surface area contributed by atoms with Gasteiger partial charge in [-0.2, -0.15) is 0 Å². The van der Waals surface area contributed by atoms with E-state index in [1.807, 2.05) is 0 Å². The molecule has 1 aliphatic rings. The summed E-state index contributed by atoms with van der Waals surface area (Å²) in [6, 6.07) is 6.66. The van der Waals surface area contributed by atoms with Crippen LogP contribution in [0, 0.1) is 0 Å². The molecule has 12 heteroatoms. The molecule has 10 nitrogen and oxygen atoms in total. The second-order valence-corrected chi connectivity index (χ2v) is 9.90. The van der Waals surface area contributed by atoms with Gasteiger partial charge in [0.05, 0.1) is 11.4 Å². The molecule has 1 aromatic carbocycles. The van der Waals surface area contributed by atoms with Crippen LogP contribution in [0.5, 0.6) is 0 Å². The number of furan rings is 1. The summed E-state index contributed by atoms with van der Waals surface area (Å²) in [4.78, 5) is 24.2. The summed E-state index contributed by atoms with van der Waals surface area (Å²) in [5.41, 5.74) is 1.51. The molecule has 0 atom stereocenters. The van der Waals surface area contributed by atoms with Crippen LogP contribution in [-0.4, -0.2) is 47.5 Å². The third-order valence-corrected chi connectivity index (χ3v) is 6.91. The number of nitrogens with two attached hydrogens (primary N) is 1. The Hall–Kier alpha value is -2.70. The molecule has 3 rings (SSSR count). The largest absolute Gasteiger partial charge is 0.451 e. The van der Waals surface area contributed by atoms with Crippen LogP contribution in [-0.2, 0) is 31.2 Å². The molecule has 29 heavy (non-hydrogen) atoms. The van der Waals surface area contributed by atoms with Crippen LogP contribution in [0.15, 0.2) is 39.8 Å². The van der Waals surface area contributed by atoms with Gasteiger partial charge in [0.25, 0.3) is 10.0 Å². The average Bonchev–Trinajstić information content (AvgIpc) is 3.32. The Morgan fingerprint density at radius 1 is 1.17 bits per heavy atom. The highest BCUT2D eigenvalue weighted by atomic mass is 32.2. The number of ketones is 1. The minimum Gasteiger partial charge on any atom is -0.451 e. The predicted molar refractivity (Wildman–Crippen MR) is 102 cm³/mol. The van der Waals surface area contributed by atoms with Crippen LogP contribution < -0.4 is 9.44 Å². The molecule has 0 saturated carbocycles. The first-order valence-corrected chi connectivity index (χ1v) is 11.6. The first-order chi connectivity index (χ1) is 13.5. The summed E-state index contributed by atoms with van der Waals surface area (Å²) in [7, 11) is -7.49. The minimum absolute atomic E-state index is 0.0248. The van der Waals surface area contributed by atoms with Gasteiger partial charge >= 0.3 is 5.97 Å². The highest BCUT2D eigenvalue weighted by Gasteiger charge is 2.28. The third-order valence-electron chi connectivity index (χ3n) is 4.35. The van der Waals surface area contributed by atoms with Gasteiger partial charge in [-0.3, -0.25) is 9.10 Å². The average molecular weight is 442 g/mol. The Morgan fingerprint density at radius 3 is 2.52 bits per heavy atom. The summed E-state index contributed by atoms with van der Waals surface area (Å²) in [5, 5.41) is 4.29. The Balaban J connectivity index is 1.68. The Morgan fingerprint density at radius 2 is 1.90 bits per heavy atom. The van der Waals surface area contributed by atoms with Crippen molar-refractivity contribution in [3.8, 4) is 0 Å². The fourth-order valence-corrected chi connectivity index (χ4v) is 4.48. The van der Waals surface area contributed by atoms with Crippen LogP contribution in [0.1, 0.15) is 33.4 Å². The van der Waals surface area contributed by atoms with Crippen molar-refractivity contribution < 1.29 is 35.6 Å². The molecule has 2 heterocycles. The van der Waals surface area contributed by atoms with E-state index in [-0.39, 0.29) is 11.3 Å². The molecule has 0 spiro atoms. The van der Waals surface area contributed by atoms with Gasteiger partial charge in [0.15, 0.2) is 12.4 Å². The van der Waals surface area contributed by atoms with Crippen molar-refractivity contribution in [3.05, 3.63) is 47.2 Å². The molecule has 156 valence electrons. The topological polar surface area (TPSA) is 154 Å². The van der Waals surface area contributed by atoms with Gasteiger partial charge in [0, 0.05) is 12.1 Å². The van der Waals surface area contributed by atoms with Crippen molar-refractivity contribution in [2.45, 2.75) is 18.4 Å². The maximum atomic E-state index is 12.3. The number of nitrogens with zero attached hydrogens (tertiary/aromatic N) is 1. The third kappa shape index (κ3) is 4.33. The fraction of sp³-hybridized carbons (Fsp3) is 0.294. The van der Waals surface area contributed by atoms with Gasteiger partial charge in [-0.1, -0.05) is 0 Å². The van der Waals surface area contributed by atoms with E-state index in [1.165, 1.54) is 10.4 Å². The van der Waals surface area contributed by atoms with Gasteiger partial charge in [-0.05, 0) is 49.2 Å². The summed E-state index contributed by atoms with van der Waals surface area (Å²) in [5.74, 6) is -1.95. The molecule has 0 bridgehead atoms. The number of fused-ring (bicyclic) bond motifs is 1. The Kier molecular flexibility index (Phi) is 5.52. The summed E-state index contributed by atoms with van der Waals surface area (Å²) < 4.78 is 57.5. The number of ether oxygens (including phenoxy) is 1. The highest BCUT2D eigenvalue weighted by Crippen LogP contribution is 2.31. The molecule has 2 aromatic rings. The summed E-state index contributed by atoms with van der Waals surface area (Å²) in [6.07, 6.45) is 0.470. The number of carbonyl (C=O) groups excluding carboxylic acids is 2. The van der Waals surface area contributed by atoms with Gasteiger partial charge in [0.2, 0.25) is 20.9 Å². The van der Waals surface area contributed by atoms with Gasteiger partial charge in [0.1, 0.15) is 0 Å². The summed E-state index contributed by atoms with van der Waals surface area (Å²) in [6.45, 7) is 1.27. The Bertz CT molecular complexity index is 1180. The van der Waals surface area contributed by atoms with Crippen LogP contribution in [0.3, 0.4) is 0 Å². The van der Waals surface area contributed by atoms with Crippen molar-refractivity contribution in [2.75, 3.05) is 23.2 Å². The zero-order chi connectivity index (χ0) is 21.4. The van der Waals surface area contributed by atoms with Crippen LogP contribution in [0.25, 0.3) is 0 Å². The van der Waals surface area contributed by atoms with E-state index in [2.05, 4.69) is 0 Å². The zero-order valence-electron chi connectivity index (χ0n) is 15.3. The van der Waals surface area contributed by atoms with Crippen molar-refractivity contribution >= 4 is 37.5 Å². The quantitative estimate of drug-likeness (QED) is 0.485. The molecule has 0 aliphatic carbocycles. The van der Waals surface area contributed by atoms with Gasteiger partial charge < -0.3 is 9.15 Å². The lowest BCUT2D eigenvalue weighted by Gasteiger charge is -2.18. The first kappa shape index (κ1) is 21.0. The smallest absolute Gasteiger partial charge is 0.374 e. The number of primary sulfonamides is 1. The van der Waals surface area contributed by atoms with Crippen molar-refractivity contribution in [2.24, 2.45) is 5.14 Å². The molecule has 0 amide bonds. The fourth-order valence-electron chi connectivity index (χ4n) is 2.86. The normalized spacial score (nSPS) is 13.9.